The molecule has 1 fully saturated rings. The van der Waals surface area contributed by atoms with Crippen LogP contribution in [0.1, 0.15) is 30.9 Å². The summed E-state index contributed by atoms with van der Waals surface area (Å²) in [6, 6.07) is 6.29. The molecule has 2 heterocycles. The van der Waals surface area contributed by atoms with E-state index in [2.05, 4.69) is 47.6 Å². The van der Waals surface area contributed by atoms with Gasteiger partial charge < -0.3 is 10.2 Å². The second-order valence-corrected chi connectivity index (χ2v) is 8.04. The lowest BCUT2D eigenvalue weighted by atomic mass is 10.1. The summed E-state index contributed by atoms with van der Waals surface area (Å²) in [5, 5.41) is 12.6. The molecule has 0 unspecified atom stereocenters. The Bertz CT molecular complexity index is 710. The molecule has 0 bridgehead atoms. The van der Waals surface area contributed by atoms with Crippen molar-refractivity contribution in [3.8, 4) is 0 Å². The third-order valence-corrected chi connectivity index (χ3v) is 6.11. The summed E-state index contributed by atoms with van der Waals surface area (Å²) in [6.45, 7) is 6.03. The second-order valence-electron chi connectivity index (χ2n) is 5.84. The number of aryl methyl sites for hydroxylation is 2. The van der Waals surface area contributed by atoms with E-state index in [0.717, 1.165) is 47.5 Å². The first-order valence-corrected chi connectivity index (χ1v) is 10.1. The minimum absolute atomic E-state index is 0.203. The summed E-state index contributed by atoms with van der Waals surface area (Å²) >= 11 is 2.97. The van der Waals surface area contributed by atoms with Gasteiger partial charge in [-0.2, -0.15) is 0 Å². The van der Waals surface area contributed by atoms with Crippen LogP contribution in [0.5, 0.6) is 0 Å². The largest absolute Gasteiger partial charge is 0.342 e. The van der Waals surface area contributed by atoms with E-state index in [1.165, 1.54) is 34.2 Å². The number of carbonyl (C=O) groups is 1. The first-order chi connectivity index (χ1) is 11.7. The van der Waals surface area contributed by atoms with Gasteiger partial charge in [0.2, 0.25) is 11.0 Å². The lowest BCUT2D eigenvalue weighted by Gasteiger charge is -2.13. The summed E-state index contributed by atoms with van der Waals surface area (Å²) in [4.78, 5) is 14.0. The maximum atomic E-state index is 12.1. The Labute approximate surface area is 150 Å². The van der Waals surface area contributed by atoms with Crippen molar-refractivity contribution in [2.75, 3.05) is 24.2 Å². The molecule has 3 rings (SSSR count). The molecule has 1 aliphatic heterocycles. The number of nitrogens with zero attached hydrogens (tertiary/aromatic N) is 3. The fourth-order valence-electron chi connectivity index (χ4n) is 2.81. The Kier molecular flexibility index (Phi) is 5.73. The fourth-order valence-corrected chi connectivity index (χ4v) is 4.47. The van der Waals surface area contributed by atoms with Gasteiger partial charge in [-0.3, -0.25) is 4.79 Å². The number of rotatable bonds is 6. The molecule has 2 aromatic rings. The molecule has 0 aliphatic carbocycles. The van der Waals surface area contributed by atoms with Crippen molar-refractivity contribution in [3.63, 3.8) is 0 Å². The molecular formula is C17H22N4OS2. The molecule has 1 N–H and O–H groups in total. The highest BCUT2D eigenvalue weighted by molar-refractivity contribution is 8.01. The van der Waals surface area contributed by atoms with Gasteiger partial charge in [-0.15, -0.1) is 10.2 Å². The Morgan fingerprint density at radius 2 is 2.12 bits per heavy atom. The first-order valence-electron chi connectivity index (χ1n) is 8.27. The minimum Gasteiger partial charge on any atom is -0.342 e. The first kappa shape index (κ1) is 17.2. The standard InChI is InChI=1S/C17H22N4OS2/c1-3-13-8-6-7-12(2)15(13)18-16-19-20-17(24-16)23-11-14(22)21-9-4-5-10-21/h6-8H,3-5,9-11H2,1-2H3,(H,18,19). The SMILES string of the molecule is CCc1cccc(C)c1Nc1nnc(SCC(=O)N2CCCC2)s1. The Morgan fingerprint density at radius 3 is 2.88 bits per heavy atom. The van der Waals surface area contributed by atoms with Gasteiger partial charge in [-0.25, -0.2) is 0 Å². The van der Waals surface area contributed by atoms with Gasteiger partial charge in [0, 0.05) is 18.8 Å². The van der Waals surface area contributed by atoms with E-state index >= 15 is 0 Å². The molecule has 0 radical (unpaired) electrons. The lowest BCUT2D eigenvalue weighted by molar-refractivity contribution is -0.127. The number of hydrogen-bond donors (Lipinski definition) is 1. The summed E-state index contributed by atoms with van der Waals surface area (Å²) in [7, 11) is 0. The minimum atomic E-state index is 0.203. The summed E-state index contributed by atoms with van der Waals surface area (Å²) in [6.07, 6.45) is 3.22. The van der Waals surface area contributed by atoms with Crippen LogP contribution in [0.3, 0.4) is 0 Å². The molecular weight excluding hydrogens is 340 g/mol. The average molecular weight is 363 g/mol. The highest BCUT2D eigenvalue weighted by Gasteiger charge is 2.18. The zero-order chi connectivity index (χ0) is 16.9. The monoisotopic (exact) mass is 362 g/mol. The van der Waals surface area contributed by atoms with Gasteiger partial charge in [0.05, 0.1) is 5.75 Å². The van der Waals surface area contributed by atoms with Crippen LogP contribution >= 0.6 is 23.1 Å². The maximum Gasteiger partial charge on any atom is 0.233 e. The van der Waals surface area contributed by atoms with E-state index in [9.17, 15) is 4.79 Å². The van der Waals surface area contributed by atoms with Gasteiger partial charge in [0.25, 0.3) is 0 Å². The van der Waals surface area contributed by atoms with E-state index < -0.39 is 0 Å². The quantitative estimate of drug-likeness (QED) is 0.791. The second kappa shape index (κ2) is 7.98. The van der Waals surface area contributed by atoms with Crippen molar-refractivity contribution in [2.45, 2.75) is 37.4 Å². The molecule has 7 heteroatoms. The summed E-state index contributed by atoms with van der Waals surface area (Å²) in [5.74, 6) is 0.647. The topological polar surface area (TPSA) is 58.1 Å². The predicted octanol–water partition coefficient (Wildman–Crippen LogP) is 3.87. The molecule has 0 spiro atoms. The zero-order valence-corrected chi connectivity index (χ0v) is 15.7. The number of likely N-dealkylation sites (tertiary alicyclic amines) is 1. The molecule has 1 aromatic carbocycles. The number of nitrogens with one attached hydrogen (secondary N) is 1. The predicted molar refractivity (Wildman–Crippen MR) is 100 cm³/mol. The van der Waals surface area contributed by atoms with Crippen LogP contribution in [0.25, 0.3) is 0 Å². The van der Waals surface area contributed by atoms with Crippen molar-refractivity contribution in [2.24, 2.45) is 0 Å². The van der Waals surface area contributed by atoms with Gasteiger partial charge in [0.1, 0.15) is 0 Å². The van der Waals surface area contributed by atoms with Gasteiger partial charge in [0.15, 0.2) is 4.34 Å². The third kappa shape index (κ3) is 4.08. The van der Waals surface area contributed by atoms with Crippen LogP contribution < -0.4 is 5.32 Å². The molecule has 1 saturated heterocycles. The molecule has 1 amide bonds. The van der Waals surface area contributed by atoms with Crippen LogP contribution in [0, 0.1) is 6.92 Å². The Balaban J connectivity index is 1.60. The lowest BCUT2D eigenvalue weighted by Crippen LogP contribution is -2.29. The molecule has 5 nitrogen and oxygen atoms in total. The summed E-state index contributed by atoms with van der Waals surface area (Å²) < 4.78 is 0.830. The smallest absolute Gasteiger partial charge is 0.233 e. The van der Waals surface area contributed by atoms with Crippen molar-refractivity contribution >= 4 is 39.8 Å². The van der Waals surface area contributed by atoms with E-state index in [-0.39, 0.29) is 5.91 Å². The molecule has 24 heavy (non-hydrogen) atoms. The van der Waals surface area contributed by atoms with Gasteiger partial charge in [-0.1, -0.05) is 48.2 Å². The van der Waals surface area contributed by atoms with Crippen molar-refractivity contribution in [3.05, 3.63) is 29.3 Å². The van der Waals surface area contributed by atoms with Crippen LogP contribution in [-0.4, -0.2) is 39.8 Å². The number of para-hydroxylation sites is 1. The zero-order valence-electron chi connectivity index (χ0n) is 14.0. The van der Waals surface area contributed by atoms with Crippen molar-refractivity contribution < 1.29 is 4.79 Å². The fraction of sp³-hybridized carbons (Fsp3) is 0.471. The van der Waals surface area contributed by atoms with Crippen LogP contribution in [0.2, 0.25) is 0 Å². The van der Waals surface area contributed by atoms with Gasteiger partial charge in [-0.05, 0) is 37.3 Å². The van der Waals surface area contributed by atoms with Crippen LogP contribution in [-0.2, 0) is 11.2 Å². The molecule has 128 valence electrons. The summed E-state index contributed by atoms with van der Waals surface area (Å²) in [5.41, 5.74) is 3.58. The average Bonchev–Trinajstić information content (AvgIpc) is 3.26. The third-order valence-electron chi connectivity index (χ3n) is 4.16. The van der Waals surface area contributed by atoms with E-state index in [1.807, 2.05) is 4.90 Å². The molecule has 1 aliphatic rings. The molecule has 1 aromatic heterocycles. The Hall–Kier alpha value is -1.60. The maximum absolute atomic E-state index is 12.1. The molecule has 0 atom stereocenters. The van der Waals surface area contributed by atoms with Gasteiger partial charge >= 0.3 is 0 Å². The number of benzene rings is 1. The van der Waals surface area contributed by atoms with Crippen LogP contribution in [0.4, 0.5) is 10.8 Å². The number of thioether (sulfide) groups is 1. The number of anilines is 2. The number of aromatic nitrogens is 2. The highest BCUT2D eigenvalue weighted by atomic mass is 32.2. The van der Waals surface area contributed by atoms with E-state index in [4.69, 9.17) is 0 Å². The van der Waals surface area contributed by atoms with Crippen molar-refractivity contribution in [1.82, 2.24) is 15.1 Å². The highest BCUT2D eigenvalue weighted by Crippen LogP contribution is 2.30. The normalized spacial score (nSPS) is 14.2. The Morgan fingerprint density at radius 1 is 1.33 bits per heavy atom. The van der Waals surface area contributed by atoms with E-state index in [0.29, 0.717) is 5.75 Å². The van der Waals surface area contributed by atoms with Crippen molar-refractivity contribution in [1.29, 1.82) is 0 Å². The number of carbonyl (C=O) groups excluding carboxylic acids is 1. The number of amides is 1. The number of hydrogen-bond acceptors (Lipinski definition) is 6. The molecule has 0 saturated carbocycles. The van der Waals surface area contributed by atoms with E-state index in [1.54, 1.807) is 0 Å². The van der Waals surface area contributed by atoms with Crippen LogP contribution in [0.15, 0.2) is 22.5 Å².